The van der Waals surface area contributed by atoms with Crippen molar-refractivity contribution in [3.05, 3.63) is 91.8 Å². The molecule has 3 aromatic rings. The van der Waals surface area contributed by atoms with Crippen LogP contribution in [0.3, 0.4) is 0 Å². The largest absolute Gasteiger partial charge is 0.493 e. The van der Waals surface area contributed by atoms with E-state index in [1.807, 2.05) is 49.4 Å². The molecule has 0 unspecified atom stereocenters. The van der Waals surface area contributed by atoms with Crippen LogP contribution < -0.4 is 14.8 Å². The average molecular weight is 602 g/mol. The molecular formula is C27H22BrClN2O5S. The molecule has 0 radical (unpaired) electrons. The van der Waals surface area contributed by atoms with Gasteiger partial charge in [0.15, 0.2) is 18.1 Å². The van der Waals surface area contributed by atoms with Crippen LogP contribution in [0.4, 0.5) is 10.5 Å². The molecule has 37 heavy (non-hydrogen) atoms. The second-order valence-corrected chi connectivity index (χ2v) is 10.4. The van der Waals surface area contributed by atoms with E-state index in [1.54, 1.807) is 24.3 Å². The molecule has 0 spiro atoms. The first-order valence-corrected chi connectivity index (χ1v) is 13.1. The Hall–Kier alpha value is -3.27. The Morgan fingerprint density at radius 2 is 1.92 bits per heavy atom. The zero-order valence-electron chi connectivity index (χ0n) is 19.9. The van der Waals surface area contributed by atoms with Gasteiger partial charge in [0.1, 0.15) is 0 Å². The maximum absolute atomic E-state index is 13.0. The molecule has 0 aromatic heterocycles. The lowest BCUT2D eigenvalue weighted by Crippen LogP contribution is -2.27. The van der Waals surface area contributed by atoms with E-state index in [9.17, 15) is 14.4 Å². The van der Waals surface area contributed by atoms with E-state index in [0.29, 0.717) is 11.3 Å². The Balaban J connectivity index is 1.47. The van der Waals surface area contributed by atoms with Gasteiger partial charge in [-0.1, -0.05) is 57.9 Å². The first kappa shape index (κ1) is 26.8. The third kappa shape index (κ3) is 6.54. The van der Waals surface area contributed by atoms with Gasteiger partial charge >= 0.3 is 0 Å². The number of amides is 3. The predicted molar refractivity (Wildman–Crippen MR) is 149 cm³/mol. The van der Waals surface area contributed by atoms with Gasteiger partial charge in [-0.05, 0) is 71.8 Å². The monoisotopic (exact) mass is 600 g/mol. The second kappa shape index (κ2) is 11.9. The molecule has 10 heteroatoms. The summed E-state index contributed by atoms with van der Waals surface area (Å²) >= 11 is 10.7. The molecule has 3 amide bonds. The fourth-order valence-corrected chi connectivity index (χ4v) is 5.13. The van der Waals surface area contributed by atoms with Gasteiger partial charge in [-0.25, -0.2) is 0 Å². The topological polar surface area (TPSA) is 84.9 Å². The molecule has 0 saturated carbocycles. The van der Waals surface area contributed by atoms with Crippen LogP contribution in [0.1, 0.15) is 16.7 Å². The van der Waals surface area contributed by atoms with Crippen LogP contribution in [0.2, 0.25) is 5.02 Å². The summed E-state index contributed by atoms with van der Waals surface area (Å²) in [6.07, 6.45) is 1.58. The highest BCUT2D eigenvalue weighted by atomic mass is 79.9. The number of halogens is 2. The number of carbonyl (C=O) groups excluding carboxylic acids is 3. The average Bonchev–Trinajstić information content (AvgIpc) is 3.11. The molecule has 0 aliphatic carbocycles. The fraction of sp³-hybridized carbons (Fsp3) is 0.148. The molecule has 1 aliphatic heterocycles. The lowest BCUT2D eigenvalue weighted by atomic mass is 10.1. The Morgan fingerprint density at radius 3 is 2.65 bits per heavy atom. The Bertz CT molecular complexity index is 1410. The molecule has 0 bridgehead atoms. The van der Waals surface area contributed by atoms with Crippen LogP contribution in [0, 0.1) is 6.92 Å². The van der Waals surface area contributed by atoms with Gasteiger partial charge in [-0.3, -0.25) is 19.3 Å². The smallest absolute Gasteiger partial charge is 0.293 e. The van der Waals surface area contributed by atoms with Crippen LogP contribution in [0.5, 0.6) is 11.5 Å². The van der Waals surface area contributed by atoms with Crippen LogP contribution in [0.25, 0.3) is 6.08 Å². The normalized spacial score (nSPS) is 14.3. The summed E-state index contributed by atoms with van der Waals surface area (Å²) in [5, 5.41) is 2.61. The highest BCUT2D eigenvalue weighted by Gasteiger charge is 2.35. The summed E-state index contributed by atoms with van der Waals surface area (Å²) in [4.78, 5) is 39.3. The number of methoxy groups -OCH3 is 1. The molecule has 1 N–H and O–H groups in total. The quantitative estimate of drug-likeness (QED) is 0.290. The van der Waals surface area contributed by atoms with Crippen molar-refractivity contribution in [2.45, 2.75) is 13.5 Å². The Kier molecular flexibility index (Phi) is 8.58. The Morgan fingerprint density at radius 1 is 1.14 bits per heavy atom. The number of thioether (sulfide) groups is 1. The van der Waals surface area contributed by atoms with E-state index in [4.69, 9.17) is 21.1 Å². The van der Waals surface area contributed by atoms with Gasteiger partial charge in [0.05, 0.1) is 23.6 Å². The van der Waals surface area contributed by atoms with Gasteiger partial charge in [0.25, 0.3) is 17.1 Å². The molecule has 4 rings (SSSR count). The number of carbonyl (C=O) groups is 3. The van der Waals surface area contributed by atoms with E-state index in [1.165, 1.54) is 12.0 Å². The minimum absolute atomic E-state index is 0.158. The summed E-state index contributed by atoms with van der Waals surface area (Å²) in [7, 11) is 1.45. The maximum Gasteiger partial charge on any atom is 0.293 e. The number of nitrogens with one attached hydrogen (secondary N) is 1. The predicted octanol–water partition coefficient (Wildman–Crippen LogP) is 6.67. The summed E-state index contributed by atoms with van der Waals surface area (Å²) in [6, 6.07) is 18.0. The minimum atomic E-state index is -0.394. The first-order chi connectivity index (χ1) is 17.7. The third-order valence-electron chi connectivity index (χ3n) is 5.36. The number of nitrogens with zero attached hydrogens (tertiary/aromatic N) is 1. The van der Waals surface area contributed by atoms with E-state index in [0.717, 1.165) is 27.4 Å². The van der Waals surface area contributed by atoms with Gasteiger partial charge in [0, 0.05) is 10.2 Å². The number of anilines is 1. The van der Waals surface area contributed by atoms with Crippen molar-refractivity contribution < 1.29 is 23.9 Å². The molecule has 1 saturated heterocycles. The first-order valence-electron chi connectivity index (χ1n) is 11.1. The number of ether oxygens (including phenoxy) is 2. The fourth-order valence-electron chi connectivity index (χ4n) is 3.61. The van der Waals surface area contributed by atoms with E-state index in [2.05, 4.69) is 21.2 Å². The van der Waals surface area contributed by atoms with Gasteiger partial charge in [-0.2, -0.15) is 0 Å². The van der Waals surface area contributed by atoms with Crippen LogP contribution in [-0.2, 0) is 16.1 Å². The number of rotatable bonds is 8. The zero-order chi connectivity index (χ0) is 26.5. The second-order valence-electron chi connectivity index (χ2n) is 8.10. The van der Waals surface area contributed by atoms with Gasteiger partial charge < -0.3 is 14.8 Å². The van der Waals surface area contributed by atoms with Crippen molar-refractivity contribution in [1.82, 2.24) is 4.90 Å². The summed E-state index contributed by atoms with van der Waals surface area (Å²) in [5.41, 5.74) is 3.05. The highest BCUT2D eigenvalue weighted by Crippen LogP contribution is 2.39. The molecule has 3 aromatic carbocycles. The summed E-state index contributed by atoms with van der Waals surface area (Å²) < 4.78 is 11.9. The zero-order valence-corrected chi connectivity index (χ0v) is 23.1. The van der Waals surface area contributed by atoms with Crippen LogP contribution >= 0.6 is 39.3 Å². The Labute approximate surface area is 231 Å². The number of hydrogen-bond donors (Lipinski definition) is 1. The van der Waals surface area contributed by atoms with Crippen molar-refractivity contribution in [2.24, 2.45) is 0 Å². The molecule has 1 heterocycles. The summed E-state index contributed by atoms with van der Waals surface area (Å²) in [5.74, 6) is -0.266. The number of hydrogen-bond acceptors (Lipinski definition) is 6. The van der Waals surface area contributed by atoms with E-state index < -0.39 is 5.91 Å². The van der Waals surface area contributed by atoms with Crippen molar-refractivity contribution in [3.8, 4) is 11.5 Å². The van der Waals surface area contributed by atoms with E-state index in [-0.39, 0.29) is 45.7 Å². The molecule has 1 aliphatic rings. The third-order valence-corrected chi connectivity index (χ3v) is 7.32. The standard InChI is InChI=1S/C27H22BrClN2O5S/c1-16-6-5-8-19(10-16)30-24(32)15-36-25-21(29)11-17(12-22(25)35-2)13-23-26(33)31(27(34)37-23)14-18-7-3-4-9-20(18)28/h3-13H,14-15H2,1-2H3,(H,30,32)/b23-13-. The number of aryl methyl sites for hydroxylation is 1. The van der Waals surface area contributed by atoms with Gasteiger partial charge in [0.2, 0.25) is 0 Å². The highest BCUT2D eigenvalue weighted by molar-refractivity contribution is 9.10. The van der Waals surface area contributed by atoms with Crippen LogP contribution in [0.15, 0.2) is 70.0 Å². The van der Waals surface area contributed by atoms with Crippen molar-refractivity contribution in [2.75, 3.05) is 19.0 Å². The van der Waals surface area contributed by atoms with Gasteiger partial charge in [-0.15, -0.1) is 0 Å². The molecule has 190 valence electrons. The lowest BCUT2D eigenvalue weighted by Gasteiger charge is -2.14. The van der Waals surface area contributed by atoms with Crippen molar-refractivity contribution in [3.63, 3.8) is 0 Å². The number of imide groups is 1. The summed E-state index contributed by atoms with van der Waals surface area (Å²) in [6.45, 7) is 1.81. The van der Waals surface area contributed by atoms with Crippen molar-refractivity contribution in [1.29, 1.82) is 0 Å². The lowest BCUT2D eigenvalue weighted by molar-refractivity contribution is -0.123. The SMILES string of the molecule is COc1cc(/C=C2\SC(=O)N(Cc3ccccc3Br)C2=O)cc(Cl)c1OCC(=O)Nc1cccc(C)c1. The van der Waals surface area contributed by atoms with Crippen molar-refractivity contribution >= 4 is 68.1 Å². The molecule has 0 atom stereocenters. The van der Waals surface area contributed by atoms with Crippen LogP contribution in [-0.4, -0.2) is 35.7 Å². The molecule has 7 nitrogen and oxygen atoms in total. The van der Waals surface area contributed by atoms with E-state index >= 15 is 0 Å². The number of benzene rings is 3. The maximum atomic E-state index is 13.0. The molecular weight excluding hydrogens is 580 g/mol. The minimum Gasteiger partial charge on any atom is -0.493 e. The molecule has 1 fully saturated rings.